The first-order valence-electron chi connectivity index (χ1n) is 6.00. The first-order valence-corrected chi connectivity index (χ1v) is 6.00. The number of hydrogen-bond donors (Lipinski definition) is 1. The minimum absolute atomic E-state index is 0.0574. The van der Waals surface area contributed by atoms with Crippen molar-refractivity contribution in [2.45, 2.75) is 32.7 Å². The largest absolute Gasteiger partial charge is 0.481 e. The molecule has 0 saturated carbocycles. The number of rotatable bonds is 7. The molecule has 0 bridgehead atoms. The van der Waals surface area contributed by atoms with Crippen LogP contribution in [0.3, 0.4) is 0 Å². The van der Waals surface area contributed by atoms with Crippen molar-refractivity contribution in [1.82, 2.24) is 4.98 Å². The minimum Gasteiger partial charge on any atom is -0.481 e. The van der Waals surface area contributed by atoms with Gasteiger partial charge in [0.1, 0.15) is 12.0 Å². The Morgan fingerprint density at radius 3 is 2.63 bits per heavy atom. The lowest BCUT2D eigenvalue weighted by Crippen LogP contribution is -2.32. The Morgan fingerprint density at radius 2 is 2.21 bits per heavy atom. The average Bonchev–Trinajstić information content (AvgIpc) is 2.34. The molecule has 1 aromatic heterocycles. The minimum atomic E-state index is -0.833. The number of aromatic nitrogens is 1. The summed E-state index contributed by atoms with van der Waals surface area (Å²) in [4.78, 5) is 26.5. The Labute approximate surface area is 111 Å². The Balaban J connectivity index is 2.75. The zero-order valence-electron chi connectivity index (χ0n) is 10.9. The van der Waals surface area contributed by atoms with Gasteiger partial charge in [-0.1, -0.05) is 0 Å². The van der Waals surface area contributed by atoms with E-state index in [1.807, 2.05) is 18.7 Å². The molecule has 1 N–H and O–H groups in total. The molecule has 19 heavy (non-hydrogen) atoms. The van der Waals surface area contributed by atoms with Crippen molar-refractivity contribution >= 4 is 17.5 Å². The fourth-order valence-corrected chi connectivity index (χ4v) is 1.69. The summed E-state index contributed by atoms with van der Waals surface area (Å²) in [6.45, 7) is 4.47. The van der Waals surface area contributed by atoms with Crippen LogP contribution in [0.15, 0.2) is 18.3 Å². The molecule has 0 unspecified atom stereocenters. The zero-order chi connectivity index (χ0) is 14.4. The van der Waals surface area contributed by atoms with E-state index in [-0.39, 0.29) is 18.2 Å². The number of aliphatic carboxylic acids is 1. The molecular weight excluding hydrogens is 250 g/mol. The van der Waals surface area contributed by atoms with Crippen molar-refractivity contribution in [1.29, 1.82) is 0 Å². The Morgan fingerprint density at radius 1 is 1.53 bits per heavy atom. The molecule has 7 heteroatoms. The number of nitro groups is 1. The molecular formula is C12H17N3O4. The second-order valence-corrected chi connectivity index (χ2v) is 4.42. The van der Waals surface area contributed by atoms with Crippen LogP contribution in [0.5, 0.6) is 0 Å². The van der Waals surface area contributed by atoms with Gasteiger partial charge in [-0.3, -0.25) is 14.9 Å². The fourth-order valence-electron chi connectivity index (χ4n) is 1.69. The molecule has 0 amide bonds. The van der Waals surface area contributed by atoms with Gasteiger partial charge in [0, 0.05) is 25.1 Å². The van der Waals surface area contributed by atoms with Crippen molar-refractivity contribution < 1.29 is 14.8 Å². The third-order valence-electron chi connectivity index (χ3n) is 2.65. The zero-order valence-corrected chi connectivity index (χ0v) is 10.9. The number of nitrogens with zero attached hydrogens (tertiary/aromatic N) is 3. The summed E-state index contributed by atoms with van der Waals surface area (Å²) in [6.07, 6.45) is 1.81. The van der Waals surface area contributed by atoms with Gasteiger partial charge in [0.15, 0.2) is 0 Å². The molecule has 0 aliphatic heterocycles. The molecule has 0 aliphatic carbocycles. The monoisotopic (exact) mass is 267 g/mol. The number of anilines is 1. The van der Waals surface area contributed by atoms with Crippen LogP contribution in [-0.4, -0.2) is 33.6 Å². The van der Waals surface area contributed by atoms with Crippen LogP contribution in [0.2, 0.25) is 0 Å². The molecule has 0 aromatic carbocycles. The lowest BCUT2D eigenvalue weighted by molar-refractivity contribution is -0.385. The van der Waals surface area contributed by atoms with Crippen LogP contribution in [0, 0.1) is 10.1 Å². The predicted octanol–water partition coefficient (Wildman–Crippen LogP) is 2.07. The lowest BCUT2D eigenvalue weighted by Gasteiger charge is -2.27. The SMILES string of the molecule is CC(C)N(CCCC(=O)O)c1ccc([N+](=O)[O-])cn1. The highest BCUT2D eigenvalue weighted by Gasteiger charge is 2.14. The molecule has 7 nitrogen and oxygen atoms in total. The van der Waals surface area contributed by atoms with Gasteiger partial charge in [-0.05, 0) is 26.3 Å². The Bertz CT molecular complexity index is 445. The van der Waals surface area contributed by atoms with E-state index in [2.05, 4.69) is 4.98 Å². The van der Waals surface area contributed by atoms with Gasteiger partial charge in [-0.15, -0.1) is 0 Å². The Hall–Kier alpha value is -2.18. The summed E-state index contributed by atoms with van der Waals surface area (Å²) in [7, 11) is 0. The van der Waals surface area contributed by atoms with Gasteiger partial charge >= 0.3 is 5.97 Å². The van der Waals surface area contributed by atoms with Crippen LogP contribution in [0.1, 0.15) is 26.7 Å². The summed E-state index contributed by atoms with van der Waals surface area (Å²) in [6, 6.07) is 3.12. The van der Waals surface area contributed by atoms with Crippen LogP contribution in [0.25, 0.3) is 0 Å². The van der Waals surface area contributed by atoms with E-state index in [0.717, 1.165) is 0 Å². The van der Waals surface area contributed by atoms with E-state index in [9.17, 15) is 14.9 Å². The van der Waals surface area contributed by atoms with Crippen LogP contribution < -0.4 is 4.90 Å². The molecule has 0 fully saturated rings. The Kier molecular flexibility index (Phi) is 5.23. The summed E-state index contributed by atoms with van der Waals surface area (Å²) in [5.41, 5.74) is -0.0574. The molecule has 1 rings (SSSR count). The maximum atomic E-state index is 10.5. The number of pyridine rings is 1. The van der Waals surface area contributed by atoms with Gasteiger partial charge in [0.05, 0.1) is 4.92 Å². The van der Waals surface area contributed by atoms with E-state index >= 15 is 0 Å². The summed E-state index contributed by atoms with van der Waals surface area (Å²) in [5, 5.41) is 19.2. The number of carboxylic acids is 1. The maximum Gasteiger partial charge on any atom is 0.303 e. The molecule has 1 heterocycles. The van der Waals surface area contributed by atoms with Crippen molar-refractivity contribution in [3.05, 3.63) is 28.4 Å². The van der Waals surface area contributed by atoms with Crippen molar-refractivity contribution in [2.75, 3.05) is 11.4 Å². The summed E-state index contributed by atoms with van der Waals surface area (Å²) in [5.74, 6) is -0.216. The second-order valence-electron chi connectivity index (χ2n) is 4.42. The van der Waals surface area contributed by atoms with Crippen molar-refractivity contribution in [2.24, 2.45) is 0 Å². The first-order chi connectivity index (χ1) is 8.91. The van der Waals surface area contributed by atoms with Gasteiger partial charge in [0.2, 0.25) is 0 Å². The van der Waals surface area contributed by atoms with Gasteiger partial charge < -0.3 is 10.0 Å². The third-order valence-corrected chi connectivity index (χ3v) is 2.65. The standard InChI is InChI=1S/C12H17N3O4/c1-9(2)14(7-3-4-12(16)17)11-6-5-10(8-13-11)15(18)19/h5-6,8-9H,3-4,7H2,1-2H3,(H,16,17). The van der Waals surface area contributed by atoms with Crippen LogP contribution in [-0.2, 0) is 4.79 Å². The van der Waals surface area contributed by atoms with E-state index < -0.39 is 10.9 Å². The third kappa shape index (κ3) is 4.53. The highest BCUT2D eigenvalue weighted by Crippen LogP contribution is 2.18. The van der Waals surface area contributed by atoms with Gasteiger partial charge in [0.25, 0.3) is 5.69 Å². The van der Waals surface area contributed by atoms with Crippen LogP contribution >= 0.6 is 0 Å². The normalized spacial score (nSPS) is 10.5. The fraction of sp³-hybridized carbons (Fsp3) is 0.500. The van der Waals surface area contributed by atoms with Crippen molar-refractivity contribution in [3.8, 4) is 0 Å². The number of hydrogen-bond acceptors (Lipinski definition) is 5. The molecule has 0 spiro atoms. The molecule has 0 atom stereocenters. The molecule has 1 aromatic rings. The van der Waals surface area contributed by atoms with E-state index in [1.165, 1.54) is 12.3 Å². The lowest BCUT2D eigenvalue weighted by atomic mass is 10.2. The maximum absolute atomic E-state index is 10.5. The summed E-state index contributed by atoms with van der Waals surface area (Å²) >= 11 is 0. The number of carboxylic acid groups (broad SMARTS) is 1. The van der Waals surface area contributed by atoms with E-state index in [4.69, 9.17) is 5.11 Å². The van der Waals surface area contributed by atoms with Crippen molar-refractivity contribution in [3.63, 3.8) is 0 Å². The van der Waals surface area contributed by atoms with Gasteiger partial charge in [-0.2, -0.15) is 0 Å². The second kappa shape index (κ2) is 6.67. The first kappa shape index (κ1) is 14.9. The number of carbonyl (C=O) groups is 1. The van der Waals surface area contributed by atoms with E-state index in [1.54, 1.807) is 6.07 Å². The quantitative estimate of drug-likeness (QED) is 0.600. The molecule has 0 radical (unpaired) electrons. The molecule has 0 saturated heterocycles. The van der Waals surface area contributed by atoms with Crippen LogP contribution in [0.4, 0.5) is 11.5 Å². The topological polar surface area (TPSA) is 96.6 Å². The predicted molar refractivity (Wildman–Crippen MR) is 70.2 cm³/mol. The van der Waals surface area contributed by atoms with Gasteiger partial charge in [-0.25, -0.2) is 4.98 Å². The summed E-state index contributed by atoms with van der Waals surface area (Å²) < 4.78 is 0. The molecule has 104 valence electrons. The highest BCUT2D eigenvalue weighted by molar-refractivity contribution is 5.66. The van der Waals surface area contributed by atoms with E-state index in [0.29, 0.717) is 18.8 Å². The smallest absolute Gasteiger partial charge is 0.303 e. The molecule has 0 aliphatic rings. The highest BCUT2D eigenvalue weighted by atomic mass is 16.6. The average molecular weight is 267 g/mol.